The summed E-state index contributed by atoms with van der Waals surface area (Å²) in [4.78, 5) is 0. The van der Waals surface area contributed by atoms with Crippen LogP contribution in [0.25, 0.3) is 21.9 Å². The molecule has 0 N–H and O–H groups in total. The molecule has 0 aliphatic rings. The normalized spacial score (nSPS) is 10.6. The summed E-state index contributed by atoms with van der Waals surface area (Å²) < 4.78 is 5.43. The quantitative estimate of drug-likeness (QED) is 0.631. The van der Waals surface area contributed by atoms with Gasteiger partial charge in [0.25, 0.3) is 0 Å². The molecule has 3 rings (SSSR count). The highest BCUT2D eigenvalue weighted by molar-refractivity contribution is 5.93. The lowest BCUT2D eigenvalue weighted by Crippen LogP contribution is -1.88. The molecule has 19 heavy (non-hydrogen) atoms. The van der Waals surface area contributed by atoms with Crippen LogP contribution in [0, 0.1) is 6.92 Å². The standard InChI is InChI=1S/C18H16O/c1-13-11-17-15(9-6-10-18(17)19-2)12-16(13)14-7-4-3-5-8-14/h3-12H,1-2H3. The zero-order chi connectivity index (χ0) is 13.2. The second-order valence-corrected chi connectivity index (χ2v) is 4.71. The van der Waals surface area contributed by atoms with Gasteiger partial charge in [-0.25, -0.2) is 0 Å². The van der Waals surface area contributed by atoms with Gasteiger partial charge in [0.2, 0.25) is 0 Å². The molecule has 1 nitrogen and oxygen atoms in total. The second-order valence-electron chi connectivity index (χ2n) is 4.71. The molecule has 0 saturated heterocycles. The Hall–Kier alpha value is -2.28. The van der Waals surface area contributed by atoms with Gasteiger partial charge in [0.1, 0.15) is 5.75 Å². The van der Waals surface area contributed by atoms with E-state index in [1.54, 1.807) is 7.11 Å². The Morgan fingerprint density at radius 2 is 1.63 bits per heavy atom. The average molecular weight is 248 g/mol. The van der Waals surface area contributed by atoms with E-state index in [1.165, 1.54) is 27.5 Å². The van der Waals surface area contributed by atoms with E-state index in [1.807, 2.05) is 18.2 Å². The summed E-state index contributed by atoms with van der Waals surface area (Å²) >= 11 is 0. The summed E-state index contributed by atoms with van der Waals surface area (Å²) in [6.07, 6.45) is 0. The van der Waals surface area contributed by atoms with Crippen LogP contribution in [0.2, 0.25) is 0 Å². The van der Waals surface area contributed by atoms with E-state index in [-0.39, 0.29) is 0 Å². The van der Waals surface area contributed by atoms with Gasteiger partial charge in [0.05, 0.1) is 7.11 Å². The molecular formula is C18H16O. The molecule has 0 heterocycles. The monoisotopic (exact) mass is 248 g/mol. The van der Waals surface area contributed by atoms with E-state index in [2.05, 4.69) is 49.4 Å². The van der Waals surface area contributed by atoms with Crippen molar-refractivity contribution in [3.05, 3.63) is 66.2 Å². The molecule has 0 aliphatic heterocycles. The summed E-state index contributed by atoms with van der Waals surface area (Å²) in [5.74, 6) is 0.931. The van der Waals surface area contributed by atoms with Crippen molar-refractivity contribution in [1.82, 2.24) is 0 Å². The minimum atomic E-state index is 0.931. The van der Waals surface area contributed by atoms with Crippen molar-refractivity contribution >= 4 is 10.8 Å². The zero-order valence-electron chi connectivity index (χ0n) is 11.2. The van der Waals surface area contributed by atoms with E-state index in [0.29, 0.717) is 0 Å². The van der Waals surface area contributed by atoms with Crippen LogP contribution in [0.15, 0.2) is 60.7 Å². The highest BCUT2D eigenvalue weighted by atomic mass is 16.5. The van der Waals surface area contributed by atoms with E-state index in [0.717, 1.165) is 5.75 Å². The average Bonchev–Trinajstić information content (AvgIpc) is 2.47. The fraction of sp³-hybridized carbons (Fsp3) is 0.111. The molecule has 1 heteroatoms. The summed E-state index contributed by atoms with van der Waals surface area (Å²) in [5.41, 5.74) is 3.80. The lowest BCUT2D eigenvalue weighted by atomic mass is 9.96. The number of hydrogen-bond acceptors (Lipinski definition) is 1. The van der Waals surface area contributed by atoms with Crippen molar-refractivity contribution in [2.45, 2.75) is 6.92 Å². The van der Waals surface area contributed by atoms with Crippen molar-refractivity contribution < 1.29 is 4.74 Å². The number of methoxy groups -OCH3 is 1. The molecule has 0 aliphatic carbocycles. The van der Waals surface area contributed by atoms with E-state index < -0.39 is 0 Å². The Kier molecular flexibility index (Phi) is 2.96. The number of aryl methyl sites for hydroxylation is 1. The van der Waals surface area contributed by atoms with Crippen molar-refractivity contribution in [3.63, 3.8) is 0 Å². The first-order valence-electron chi connectivity index (χ1n) is 6.42. The Balaban J connectivity index is 2.26. The molecular weight excluding hydrogens is 232 g/mol. The Morgan fingerprint density at radius 3 is 2.37 bits per heavy atom. The van der Waals surface area contributed by atoms with Crippen LogP contribution in [0.5, 0.6) is 5.75 Å². The van der Waals surface area contributed by atoms with Crippen molar-refractivity contribution in [3.8, 4) is 16.9 Å². The first-order valence-corrected chi connectivity index (χ1v) is 6.42. The SMILES string of the molecule is COc1cccc2cc(-c3ccccc3)c(C)cc12. The molecule has 0 atom stereocenters. The maximum absolute atomic E-state index is 5.43. The van der Waals surface area contributed by atoms with Gasteiger partial charge in [-0.1, -0.05) is 42.5 Å². The fourth-order valence-electron chi connectivity index (χ4n) is 2.51. The molecule has 0 unspecified atom stereocenters. The van der Waals surface area contributed by atoms with E-state index in [4.69, 9.17) is 4.74 Å². The largest absolute Gasteiger partial charge is 0.496 e. The van der Waals surface area contributed by atoms with Crippen LogP contribution in [-0.4, -0.2) is 7.11 Å². The van der Waals surface area contributed by atoms with Gasteiger partial charge in [-0.05, 0) is 47.2 Å². The molecule has 3 aromatic carbocycles. The highest BCUT2D eigenvalue weighted by Gasteiger charge is 2.06. The lowest BCUT2D eigenvalue weighted by molar-refractivity contribution is 0.420. The molecule has 0 saturated carbocycles. The molecule has 0 bridgehead atoms. The van der Waals surface area contributed by atoms with Gasteiger partial charge >= 0.3 is 0 Å². The Morgan fingerprint density at radius 1 is 0.842 bits per heavy atom. The third-order valence-corrected chi connectivity index (χ3v) is 3.49. The molecule has 94 valence electrons. The van der Waals surface area contributed by atoms with Gasteiger partial charge in [0.15, 0.2) is 0 Å². The van der Waals surface area contributed by atoms with Crippen molar-refractivity contribution in [2.24, 2.45) is 0 Å². The molecule has 0 amide bonds. The highest BCUT2D eigenvalue weighted by Crippen LogP contribution is 2.32. The van der Waals surface area contributed by atoms with Crippen LogP contribution in [0.4, 0.5) is 0 Å². The predicted molar refractivity (Wildman–Crippen MR) is 80.7 cm³/mol. The van der Waals surface area contributed by atoms with Crippen LogP contribution >= 0.6 is 0 Å². The summed E-state index contributed by atoms with van der Waals surface area (Å²) in [5, 5.41) is 2.38. The number of hydrogen-bond donors (Lipinski definition) is 0. The summed E-state index contributed by atoms with van der Waals surface area (Å²) in [7, 11) is 1.72. The van der Waals surface area contributed by atoms with Gasteiger partial charge < -0.3 is 4.74 Å². The Labute approximate surface area is 113 Å². The molecule has 0 aromatic heterocycles. The van der Waals surface area contributed by atoms with E-state index >= 15 is 0 Å². The minimum absolute atomic E-state index is 0.931. The smallest absolute Gasteiger partial charge is 0.126 e. The number of fused-ring (bicyclic) bond motifs is 1. The van der Waals surface area contributed by atoms with Crippen molar-refractivity contribution in [2.75, 3.05) is 7.11 Å². The zero-order valence-corrected chi connectivity index (χ0v) is 11.2. The topological polar surface area (TPSA) is 9.23 Å². The molecule has 3 aromatic rings. The van der Waals surface area contributed by atoms with Gasteiger partial charge in [-0.3, -0.25) is 0 Å². The molecule has 0 radical (unpaired) electrons. The predicted octanol–water partition coefficient (Wildman–Crippen LogP) is 4.82. The van der Waals surface area contributed by atoms with Crippen LogP contribution < -0.4 is 4.74 Å². The van der Waals surface area contributed by atoms with Crippen LogP contribution in [-0.2, 0) is 0 Å². The fourth-order valence-corrected chi connectivity index (χ4v) is 2.51. The molecule has 0 fully saturated rings. The van der Waals surface area contributed by atoms with E-state index in [9.17, 15) is 0 Å². The maximum Gasteiger partial charge on any atom is 0.126 e. The lowest BCUT2D eigenvalue weighted by Gasteiger charge is -2.11. The number of benzene rings is 3. The van der Waals surface area contributed by atoms with Crippen molar-refractivity contribution in [1.29, 1.82) is 0 Å². The van der Waals surface area contributed by atoms with Crippen LogP contribution in [0.3, 0.4) is 0 Å². The third-order valence-electron chi connectivity index (χ3n) is 3.49. The summed E-state index contributed by atoms with van der Waals surface area (Å²) in [6, 6.07) is 21.1. The Bertz CT molecular complexity index is 714. The third kappa shape index (κ3) is 2.08. The van der Waals surface area contributed by atoms with Gasteiger partial charge in [-0.15, -0.1) is 0 Å². The number of rotatable bonds is 2. The summed E-state index contributed by atoms with van der Waals surface area (Å²) in [6.45, 7) is 2.15. The van der Waals surface area contributed by atoms with Crippen LogP contribution in [0.1, 0.15) is 5.56 Å². The molecule has 0 spiro atoms. The van der Waals surface area contributed by atoms with Gasteiger partial charge in [-0.2, -0.15) is 0 Å². The van der Waals surface area contributed by atoms with Gasteiger partial charge in [0, 0.05) is 5.39 Å². The number of ether oxygens (including phenoxy) is 1. The first-order chi connectivity index (χ1) is 9.29. The second kappa shape index (κ2) is 4.77. The maximum atomic E-state index is 5.43. The minimum Gasteiger partial charge on any atom is -0.496 e. The first kappa shape index (κ1) is 11.8.